The lowest BCUT2D eigenvalue weighted by Crippen LogP contribution is -2.23. The molecular weight excluding hydrogens is 516 g/mol. The summed E-state index contributed by atoms with van der Waals surface area (Å²) in [5, 5.41) is 0.551. The number of ether oxygens (including phenoxy) is 2. The van der Waals surface area contributed by atoms with Crippen LogP contribution in [0.3, 0.4) is 0 Å². The molecule has 0 spiro atoms. The monoisotopic (exact) mass is 536 g/mol. The number of para-hydroxylation sites is 1. The van der Waals surface area contributed by atoms with E-state index in [1.54, 1.807) is 31.3 Å². The molecule has 34 heavy (non-hydrogen) atoms. The van der Waals surface area contributed by atoms with Gasteiger partial charge in [0.15, 0.2) is 5.17 Å². The minimum Gasteiger partial charge on any atom is -0.488 e. The molecule has 0 atom stereocenters. The molecule has 1 aliphatic rings. The molecule has 1 heterocycles. The van der Waals surface area contributed by atoms with Crippen LogP contribution >= 0.6 is 27.7 Å². The fourth-order valence-electron chi connectivity index (χ4n) is 3.17. The van der Waals surface area contributed by atoms with Gasteiger partial charge in [-0.15, -0.1) is 0 Å². The van der Waals surface area contributed by atoms with Crippen LogP contribution in [0.1, 0.15) is 21.5 Å². The number of carbonyl (C=O) groups excluding carboxylic acids is 2. The van der Waals surface area contributed by atoms with Gasteiger partial charge >= 0.3 is 5.97 Å². The molecule has 3 aromatic carbocycles. The zero-order valence-corrected chi connectivity index (χ0v) is 20.9. The van der Waals surface area contributed by atoms with E-state index < -0.39 is 5.97 Å². The first-order valence-corrected chi connectivity index (χ1v) is 12.0. The molecule has 3 aromatic rings. The second-order valence-electron chi connectivity index (χ2n) is 7.36. The molecule has 1 fully saturated rings. The number of amidine groups is 1. The molecule has 0 bridgehead atoms. The number of esters is 1. The van der Waals surface area contributed by atoms with Gasteiger partial charge in [0.1, 0.15) is 12.4 Å². The van der Waals surface area contributed by atoms with Crippen LogP contribution in [0.15, 0.2) is 87.2 Å². The number of rotatable bonds is 6. The summed E-state index contributed by atoms with van der Waals surface area (Å²) in [7, 11) is 3.03. The summed E-state index contributed by atoms with van der Waals surface area (Å²) in [6.45, 7) is 0.419. The molecule has 172 valence electrons. The second kappa shape index (κ2) is 10.7. The topological polar surface area (TPSA) is 68.2 Å². The number of thioether (sulfide) groups is 1. The van der Waals surface area contributed by atoms with Crippen molar-refractivity contribution < 1.29 is 19.1 Å². The Kier molecular flexibility index (Phi) is 7.49. The number of nitrogens with zero attached hydrogens (tertiary/aromatic N) is 2. The molecule has 0 aliphatic carbocycles. The van der Waals surface area contributed by atoms with E-state index in [0.717, 1.165) is 15.6 Å². The summed E-state index contributed by atoms with van der Waals surface area (Å²) < 4.78 is 11.8. The van der Waals surface area contributed by atoms with E-state index in [4.69, 9.17) is 9.47 Å². The van der Waals surface area contributed by atoms with Crippen molar-refractivity contribution in [1.29, 1.82) is 0 Å². The number of carbonyl (C=O) groups is 2. The molecule has 0 aromatic heterocycles. The van der Waals surface area contributed by atoms with Crippen LogP contribution < -0.4 is 4.74 Å². The molecule has 4 rings (SSSR count). The number of amides is 1. The summed E-state index contributed by atoms with van der Waals surface area (Å²) in [5.41, 5.74) is 2.93. The zero-order chi connectivity index (χ0) is 24.1. The first kappa shape index (κ1) is 23.8. The second-order valence-corrected chi connectivity index (χ2v) is 9.29. The maximum Gasteiger partial charge on any atom is 0.337 e. The highest BCUT2D eigenvalue weighted by Crippen LogP contribution is 2.35. The highest BCUT2D eigenvalue weighted by atomic mass is 79.9. The van der Waals surface area contributed by atoms with Gasteiger partial charge < -0.3 is 9.47 Å². The minimum absolute atomic E-state index is 0.141. The van der Waals surface area contributed by atoms with Gasteiger partial charge in [-0.2, -0.15) is 0 Å². The molecular formula is C26H21BrN2O4S. The Bertz CT molecular complexity index is 1270. The third kappa shape index (κ3) is 5.58. The molecule has 1 saturated heterocycles. The van der Waals surface area contributed by atoms with E-state index in [1.165, 1.54) is 23.8 Å². The van der Waals surface area contributed by atoms with Gasteiger partial charge in [0.25, 0.3) is 5.91 Å². The molecule has 1 amide bonds. The molecule has 0 N–H and O–H groups in total. The quantitative estimate of drug-likeness (QED) is 0.283. The summed E-state index contributed by atoms with van der Waals surface area (Å²) in [4.78, 5) is 31.1. The first-order valence-electron chi connectivity index (χ1n) is 10.4. The van der Waals surface area contributed by atoms with Gasteiger partial charge in [-0.1, -0.05) is 46.3 Å². The van der Waals surface area contributed by atoms with E-state index in [9.17, 15) is 9.59 Å². The zero-order valence-electron chi connectivity index (χ0n) is 18.5. The molecule has 0 unspecified atom stereocenters. The van der Waals surface area contributed by atoms with Crippen LogP contribution in [0.4, 0.5) is 5.69 Å². The molecule has 8 heteroatoms. The number of hydrogen-bond donors (Lipinski definition) is 0. The number of aliphatic imine (C=N–C) groups is 1. The fourth-order valence-corrected chi connectivity index (χ4v) is 4.41. The third-order valence-electron chi connectivity index (χ3n) is 5.03. The number of likely N-dealkylation sites (N-methyl/N-ethyl adjacent to an activating group) is 1. The van der Waals surface area contributed by atoms with Crippen molar-refractivity contribution in [2.45, 2.75) is 6.61 Å². The number of methoxy groups -OCH3 is 1. The van der Waals surface area contributed by atoms with Gasteiger partial charge in [-0.25, -0.2) is 9.79 Å². The van der Waals surface area contributed by atoms with Gasteiger partial charge in [0.2, 0.25) is 0 Å². The highest BCUT2D eigenvalue weighted by Gasteiger charge is 2.30. The largest absolute Gasteiger partial charge is 0.488 e. The Morgan fingerprint density at radius 3 is 2.47 bits per heavy atom. The van der Waals surface area contributed by atoms with Gasteiger partial charge in [0, 0.05) is 17.1 Å². The van der Waals surface area contributed by atoms with Crippen LogP contribution in [0.5, 0.6) is 5.75 Å². The van der Waals surface area contributed by atoms with Gasteiger partial charge in [0.05, 0.1) is 23.3 Å². The summed E-state index contributed by atoms with van der Waals surface area (Å²) in [6.07, 6.45) is 1.82. The van der Waals surface area contributed by atoms with Crippen molar-refractivity contribution in [2.75, 3.05) is 14.2 Å². The van der Waals surface area contributed by atoms with Crippen LogP contribution in [0.2, 0.25) is 0 Å². The standard InChI is InChI=1S/C26H21BrN2O4S/c1-29-24(30)23(34-26(29)28-21-13-9-18(10-14-21)25(31)32-2)15-19-5-3-4-6-22(19)33-16-17-7-11-20(27)12-8-17/h3-15H,16H2,1-2H3/b23-15-,28-26?. The average Bonchev–Trinajstić information content (AvgIpc) is 3.12. The normalized spacial score (nSPS) is 15.7. The summed E-state index contributed by atoms with van der Waals surface area (Å²) in [6, 6.07) is 22.3. The van der Waals surface area contributed by atoms with Crippen LogP contribution in [-0.2, 0) is 16.1 Å². The van der Waals surface area contributed by atoms with Crippen molar-refractivity contribution in [3.63, 3.8) is 0 Å². The fraction of sp³-hybridized carbons (Fsp3) is 0.115. The van der Waals surface area contributed by atoms with E-state index in [1.807, 2.05) is 54.6 Å². The average molecular weight is 537 g/mol. The lowest BCUT2D eigenvalue weighted by atomic mass is 10.2. The number of hydrogen-bond acceptors (Lipinski definition) is 6. The Morgan fingerprint density at radius 1 is 1.06 bits per heavy atom. The number of halogens is 1. The summed E-state index contributed by atoms with van der Waals surface area (Å²) in [5.74, 6) is 0.142. The number of benzene rings is 3. The Morgan fingerprint density at radius 2 is 1.76 bits per heavy atom. The van der Waals surface area contributed by atoms with Crippen LogP contribution in [-0.4, -0.2) is 36.1 Å². The lowest BCUT2D eigenvalue weighted by Gasteiger charge is -2.10. The third-order valence-corrected chi connectivity index (χ3v) is 6.62. The van der Waals surface area contributed by atoms with Gasteiger partial charge in [-0.3, -0.25) is 9.69 Å². The smallest absolute Gasteiger partial charge is 0.337 e. The summed E-state index contributed by atoms with van der Waals surface area (Å²) >= 11 is 4.73. The van der Waals surface area contributed by atoms with Crippen molar-refractivity contribution >= 4 is 56.5 Å². The van der Waals surface area contributed by atoms with E-state index >= 15 is 0 Å². The molecule has 1 aliphatic heterocycles. The maximum absolute atomic E-state index is 12.9. The van der Waals surface area contributed by atoms with Crippen molar-refractivity contribution in [3.8, 4) is 5.75 Å². The van der Waals surface area contributed by atoms with Crippen LogP contribution in [0, 0.1) is 0 Å². The van der Waals surface area contributed by atoms with E-state index in [0.29, 0.717) is 33.7 Å². The Balaban J connectivity index is 1.52. The first-order chi connectivity index (χ1) is 16.4. The molecule has 0 radical (unpaired) electrons. The van der Waals surface area contributed by atoms with E-state index in [2.05, 4.69) is 20.9 Å². The lowest BCUT2D eigenvalue weighted by molar-refractivity contribution is -0.121. The SMILES string of the molecule is COC(=O)c1ccc(N=C2S/C(=C\c3ccccc3OCc3ccc(Br)cc3)C(=O)N2C)cc1. The maximum atomic E-state index is 12.9. The Hall–Kier alpha value is -3.36. The van der Waals surface area contributed by atoms with Crippen molar-refractivity contribution in [1.82, 2.24) is 4.90 Å². The minimum atomic E-state index is -0.409. The van der Waals surface area contributed by atoms with E-state index in [-0.39, 0.29) is 5.91 Å². The van der Waals surface area contributed by atoms with Gasteiger partial charge in [-0.05, 0) is 65.9 Å². The Labute approximate surface area is 210 Å². The predicted molar refractivity (Wildman–Crippen MR) is 138 cm³/mol. The molecule has 6 nitrogen and oxygen atoms in total. The van der Waals surface area contributed by atoms with Crippen molar-refractivity contribution in [3.05, 3.63) is 98.9 Å². The molecule has 0 saturated carbocycles. The highest BCUT2D eigenvalue weighted by molar-refractivity contribution is 9.10. The predicted octanol–water partition coefficient (Wildman–Crippen LogP) is 6.05. The van der Waals surface area contributed by atoms with Crippen molar-refractivity contribution in [2.24, 2.45) is 4.99 Å². The van der Waals surface area contributed by atoms with Crippen LogP contribution in [0.25, 0.3) is 6.08 Å².